The Balaban J connectivity index is 3.79. The number of carbonyl (C=O) groups excluding carboxylic acids is 3. The van der Waals surface area contributed by atoms with Gasteiger partial charge in [-0.2, -0.15) is 0 Å². The Hall–Kier alpha value is -1.39. The summed E-state index contributed by atoms with van der Waals surface area (Å²) in [5.41, 5.74) is 4.40. The molecule has 0 aliphatic carbocycles. The van der Waals surface area contributed by atoms with Crippen molar-refractivity contribution in [3.05, 3.63) is 0 Å². The van der Waals surface area contributed by atoms with Crippen molar-refractivity contribution in [2.45, 2.75) is 6.92 Å². The van der Waals surface area contributed by atoms with E-state index in [0.717, 1.165) is 6.92 Å². The van der Waals surface area contributed by atoms with E-state index in [4.69, 9.17) is 0 Å². The summed E-state index contributed by atoms with van der Waals surface area (Å²) in [6.07, 6.45) is -1.27. The molecule has 5 nitrogen and oxygen atoms in total. The monoisotopic (exact) mass is 131 g/mol. The van der Waals surface area contributed by atoms with Crippen molar-refractivity contribution in [2.24, 2.45) is 5.73 Å². The van der Waals surface area contributed by atoms with E-state index in [1.54, 1.807) is 0 Å². The summed E-state index contributed by atoms with van der Waals surface area (Å²) in [5.74, 6) is -2.09. The molecule has 0 aromatic heterocycles. The highest BCUT2D eigenvalue weighted by atomic mass is 16.6. The number of esters is 1. The number of Topliss-reactive ketones (excluding diaryl/α,β-unsaturated/α-hetero) is 1. The number of ketones is 1. The van der Waals surface area contributed by atoms with Crippen LogP contribution in [-0.4, -0.2) is 17.8 Å². The van der Waals surface area contributed by atoms with Crippen LogP contribution in [0.25, 0.3) is 0 Å². The normalized spacial score (nSPS) is 8.11. The minimum absolute atomic E-state index is 0.853. The van der Waals surface area contributed by atoms with Crippen LogP contribution in [0.2, 0.25) is 0 Å². The number of ether oxygens (including phenoxy) is 1. The van der Waals surface area contributed by atoms with Crippen molar-refractivity contribution in [1.29, 1.82) is 0 Å². The van der Waals surface area contributed by atoms with Gasteiger partial charge in [0.15, 0.2) is 0 Å². The first-order valence-electron chi connectivity index (χ1n) is 2.06. The Morgan fingerprint density at radius 2 is 1.78 bits per heavy atom. The SMILES string of the molecule is CC(=O)C(=O)OC(N)=O. The molecular formula is C4H5NO4. The van der Waals surface area contributed by atoms with E-state index in [9.17, 15) is 14.4 Å². The molecule has 0 bridgehead atoms. The summed E-state index contributed by atoms with van der Waals surface area (Å²) >= 11 is 0. The summed E-state index contributed by atoms with van der Waals surface area (Å²) in [4.78, 5) is 29.8. The zero-order valence-electron chi connectivity index (χ0n) is 4.71. The van der Waals surface area contributed by atoms with Crippen LogP contribution in [-0.2, 0) is 14.3 Å². The third kappa shape index (κ3) is 3.22. The third-order valence-electron chi connectivity index (χ3n) is 0.481. The lowest BCUT2D eigenvalue weighted by Crippen LogP contribution is -2.22. The summed E-state index contributed by atoms with van der Waals surface area (Å²) < 4.78 is 3.66. The molecule has 0 spiro atoms. The quantitative estimate of drug-likeness (QED) is 0.286. The van der Waals surface area contributed by atoms with Crippen LogP contribution in [0, 0.1) is 0 Å². The first kappa shape index (κ1) is 7.61. The molecule has 0 aliphatic heterocycles. The van der Waals surface area contributed by atoms with E-state index in [1.807, 2.05) is 0 Å². The largest absolute Gasteiger partial charge is 0.412 e. The van der Waals surface area contributed by atoms with Gasteiger partial charge in [0.2, 0.25) is 5.78 Å². The minimum Gasteiger partial charge on any atom is -0.371 e. The lowest BCUT2D eigenvalue weighted by atomic mass is 10.5. The zero-order chi connectivity index (χ0) is 7.44. The molecule has 0 aliphatic rings. The Morgan fingerprint density at radius 1 is 1.33 bits per heavy atom. The molecule has 0 saturated carbocycles. The number of primary amides is 1. The van der Waals surface area contributed by atoms with Crippen LogP contribution in [0.15, 0.2) is 0 Å². The fraction of sp³-hybridized carbons (Fsp3) is 0.250. The van der Waals surface area contributed by atoms with Gasteiger partial charge in [0, 0.05) is 6.92 Å². The van der Waals surface area contributed by atoms with Gasteiger partial charge in [-0.25, -0.2) is 9.59 Å². The van der Waals surface area contributed by atoms with Crippen LogP contribution >= 0.6 is 0 Å². The lowest BCUT2D eigenvalue weighted by Gasteiger charge is -1.91. The Kier molecular flexibility index (Phi) is 2.37. The molecule has 1 amide bonds. The summed E-state index contributed by atoms with van der Waals surface area (Å²) in [6, 6.07) is 0. The van der Waals surface area contributed by atoms with Crippen molar-refractivity contribution in [2.75, 3.05) is 0 Å². The molecule has 5 heteroatoms. The molecule has 0 heterocycles. The molecular weight excluding hydrogens is 126 g/mol. The molecule has 9 heavy (non-hydrogen) atoms. The fourth-order valence-electron chi connectivity index (χ4n) is 0.163. The van der Waals surface area contributed by atoms with Crippen molar-refractivity contribution < 1.29 is 19.1 Å². The molecule has 0 unspecified atom stereocenters. The Labute approximate surface area is 50.8 Å². The number of hydrogen-bond acceptors (Lipinski definition) is 4. The number of hydrogen-bond donors (Lipinski definition) is 1. The summed E-state index contributed by atoms with van der Waals surface area (Å²) in [5, 5.41) is 0. The molecule has 0 rings (SSSR count). The highest BCUT2D eigenvalue weighted by Gasteiger charge is 2.10. The third-order valence-corrected chi connectivity index (χ3v) is 0.481. The molecule has 0 aromatic rings. The Bertz CT molecular complexity index is 162. The smallest absolute Gasteiger partial charge is 0.371 e. The lowest BCUT2D eigenvalue weighted by molar-refractivity contribution is -0.148. The van der Waals surface area contributed by atoms with Gasteiger partial charge in [0.05, 0.1) is 0 Å². The molecule has 0 fully saturated rings. The van der Waals surface area contributed by atoms with Gasteiger partial charge in [-0.1, -0.05) is 0 Å². The van der Waals surface area contributed by atoms with E-state index in [0.29, 0.717) is 0 Å². The van der Waals surface area contributed by atoms with Gasteiger partial charge < -0.3 is 10.5 Å². The topological polar surface area (TPSA) is 86.5 Å². The van der Waals surface area contributed by atoms with Crippen LogP contribution in [0.3, 0.4) is 0 Å². The van der Waals surface area contributed by atoms with Gasteiger partial charge >= 0.3 is 12.1 Å². The van der Waals surface area contributed by atoms with Crippen LogP contribution in [0.1, 0.15) is 6.92 Å². The van der Waals surface area contributed by atoms with Gasteiger partial charge in [-0.15, -0.1) is 0 Å². The van der Waals surface area contributed by atoms with Crippen molar-refractivity contribution in [3.8, 4) is 0 Å². The van der Waals surface area contributed by atoms with Crippen molar-refractivity contribution in [3.63, 3.8) is 0 Å². The molecule has 50 valence electrons. The summed E-state index contributed by atoms with van der Waals surface area (Å²) in [6.45, 7) is 0.977. The second-order valence-electron chi connectivity index (χ2n) is 1.26. The molecule has 0 aromatic carbocycles. The minimum atomic E-state index is -1.27. The van der Waals surface area contributed by atoms with E-state index < -0.39 is 17.8 Å². The number of nitrogens with two attached hydrogens (primary N) is 1. The average Bonchev–Trinajstić information content (AvgIpc) is 1.63. The number of amides is 1. The molecule has 0 atom stereocenters. The highest BCUT2D eigenvalue weighted by Crippen LogP contribution is 1.77. The van der Waals surface area contributed by atoms with Crippen LogP contribution in [0.5, 0.6) is 0 Å². The maximum Gasteiger partial charge on any atom is 0.412 e. The van der Waals surface area contributed by atoms with Crippen LogP contribution in [0.4, 0.5) is 4.79 Å². The highest BCUT2D eigenvalue weighted by molar-refractivity contribution is 6.34. The van der Waals surface area contributed by atoms with E-state index >= 15 is 0 Å². The van der Waals surface area contributed by atoms with Gasteiger partial charge in [-0.05, 0) is 0 Å². The summed E-state index contributed by atoms with van der Waals surface area (Å²) in [7, 11) is 0. The predicted molar refractivity (Wildman–Crippen MR) is 26.4 cm³/mol. The second-order valence-corrected chi connectivity index (χ2v) is 1.26. The molecule has 0 radical (unpaired) electrons. The predicted octanol–water partition coefficient (Wildman–Crippen LogP) is -0.803. The van der Waals surface area contributed by atoms with Gasteiger partial charge in [0.1, 0.15) is 0 Å². The Morgan fingerprint density at radius 3 is 1.89 bits per heavy atom. The molecule has 0 saturated heterocycles. The van der Waals surface area contributed by atoms with E-state index in [-0.39, 0.29) is 0 Å². The zero-order valence-corrected chi connectivity index (χ0v) is 4.71. The fourth-order valence-corrected chi connectivity index (χ4v) is 0.163. The van der Waals surface area contributed by atoms with Crippen LogP contribution < -0.4 is 5.73 Å². The van der Waals surface area contributed by atoms with Gasteiger partial charge in [-0.3, -0.25) is 4.79 Å². The average molecular weight is 131 g/mol. The first-order valence-corrected chi connectivity index (χ1v) is 2.06. The van der Waals surface area contributed by atoms with Crippen molar-refractivity contribution >= 4 is 17.8 Å². The maximum atomic E-state index is 10.1. The maximum absolute atomic E-state index is 10.1. The standard InChI is InChI=1S/C4H5NO4/c1-2(6)3(7)9-4(5)8/h1H3,(H2,5,8). The van der Waals surface area contributed by atoms with Gasteiger partial charge in [0.25, 0.3) is 0 Å². The van der Waals surface area contributed by atoms with Crippen molar-refractivity contribution in [1.82, 2.24) is 0 Å². The van der Waals surface area contributed by atoms with E-state index in [1.165, 1.54) is 0 Å². The van der Waals surface area contributed by atoms with E-state index in [2.05, 4.69) is 10.5 Å². The second kappa shape index (κ2) is 2.81. The number of carbonyl (C=O) groups is 3. The molecule has 2 N–H and O–H groups in total. The first-order chi connectivity index (χ1) is 4.04. The number of rotatable bonds is 1.